The number of aliphatic imine (C=N–C) groups is 1. The quantitative estimate of drug-likeness (QED) is 0.848. The Balaban J connectivity index is 0.00000182. The summed E-state index contributed by atoms with van der Waals surface area (Å²) in [6.07, 6.45) is 1.07. The first-order valence-corrected chi connectivity index (χ1v) is 9.59. The summed E-state index contributed by atoms with van der Waals surface area (Å²) in [6, 6.07) is 10.2. The number of fused-ring (bicyclic) bond motifs is 1. The Kier molecular flexibility index (Phi) is 5.88. The molecule has 0 saturated carbocycles. The molecule has 1 aromatic heterocycles. The molecule has 0 atom stereocenters. The van der Waals surface area contributed by atoms with Crippen LogP contribution in [0.25, 0.3) is 0 Å². The van der Waals surface area contributed by atoms with Crippen LogP contribution in [0, 0.1) is 0 Å². The number of thioether (sulfide) groups is 1. The number of thiophene rings is 1. The van der Waals surface area contributed by atoms with Crippen LogP contribution in [0.4, 0.5) is 0 Å². The average molecular weight is 396 g/mol. The van der Waals surface area contributed by atoms with E-state index in [1.165, 1.54) is 9.75 Å². The van der Waals surface area contributed by atoms with Crippen molar-refractivity contribution >= 4 is 46.4 Å². The molecule has 1 N–H and O–H groups in total. The van der Waals surface area contributed by atoms with Gasteiger partial charge >= 0.3 is 0 Å². The molecule has 0 radical (unpaired) electrons. The summed E-state index contributed by atoms with van der Waals surface area (Å²) in [6.45, 7) is 3.06. The first-order chi connectivity index (χ1) is 11.8. The Bertz CT molecular complexity index is 820. The molecule has 2 aliphatic heterocycles. The molecule has 0 bridgehead atoms. The number of benzene rings is 1. The Morgan fingerprint density at radius 3 is 2.84 bits per heavy atom. The van der Waals surface area contributed by atoms with Gasteiger partial charge in [-0.1, -0.05) is 24.8 Å². The van der Waals surface area contributed by atoms with Crippen molar-refractivity contribution < 1.29 is 9.47 Å². The summed E-state index contributed by atoms with van der Waals surface area (Å²) in [5.41, 5.74) is 5.25. The summed E-state index contributed by atoms with van der Waals surface area (Å²) in [4.78, 5) is 7.22. The molecule has 0 aliphatic carbocycles. The third-order valence-electron chi connectivity index (χ3n) is 3.77. The summed E-state index contributed by atoms with van der Waals surface area (Å²) in [5, 5.41) is 5.33. The fraction of sp³-hybridized carbons (Fsp3) is 0.294. The number of aryl methyl sites for hydroxylation is 1. The number of halogens is 1. The molecule has 2 aromatic rings. The highest BCUT2D eigenvalue weighted by Crippen LogP contribution is 2.32. The van der Waals surface area contributed by atoms with Crippen molar-refractivity contribution in [2.24, 2.45) is 10.1 Å². The molecule has 1 aromatic carbocycles. The molecule has 2 aliphatic rings. The van der Waals surface area contributed by atoms with Gasteiger partial charge in [0.05, 0.1) is 17.1 Å². The highest BCUT2D eigenvalue weighted by atomic mass is 35.5. The highest BCUT2D eigenvalue weighted by molar-refractivity contribution is 8.14. The number of nitrogens with zero attached hydrogens (tertiary/aromatic N) is 2. The average Bonchev–Trinajstić information content (AvgIpc) is 3.29. The van der Waals surface area contributed by atoms with Gasteiger partial charge in [-0.3, -0.25) is 10.4 Å². The van der Waals surface area contributed by atoms with Crippen molar-refractivity contribution in [2.75, 3.05) is 12.5 Å². The predicted octanol–water partition coefficient (Wildman–Crippen LogP) is 4.06. The van der Waals surface area contributed by atoms with Crippen molar-refractivity contribution in [3.05, 3.63) is 45.6 Å². The van der Waals surface area contributed by atoms with Crippen molar-refractivity contribution in [1.29, 1.82) is 0 Å². The number of hydrazone groups is 1. The fourth-order valence-electron chi connectivity index (χ4n) is 2.45. The van der Waals surface area contributed by atoms with Gasteiger partial charge < -0.3 is 9.47 Å². The standard InChI is InChI=1S/C17H17N3O2S2.ClH/c1-2-12-4-6-16(24-12)13-9-23-17(20-19-13)18-8-11-3-5-14-15(7-11)22-10-21-14;/h3-7H,2,8-10H2,1H3,(H,18,20);1H. The number of nitrogens with one attached hydrogen (secondary N) is 1. The topological polar surface area (TPSA) is 55.2 Å². The molecule has 132 valence electrons. The summed E-state index contributed by atoms with van der Waals surface area (Å²) in [5.74, 6) is 2.44. The van der Waals surface area contributed by atoms with Gasteiger partial charge in [0.2, 0.25) is 6.79 Å². The van der Waals surface area contributed by atoms with Gasteiger partial charge in [0.25, 0.3) is 0 Å². The van der Waals surface area contributed by atoms with Crippen molar-refractivity contribution in [2.45, 2.75) is 19.9 Å². The Hall–Kier alpha value is -1.70. The van der Waals surface area contributed by atoms with Crippen LogP contribution in [0.5, 0.6) is 11.5 Å². The van der Waals surface area contributed by atoms with Crippen LogP contribution in [0.2, 0.25) is 0 Å². The molecular weight excluding hydrogens is 378 g/mol. The maximum Gasteiger partial charge on any atom is 0.231 e. The van der Waals surface area contributed by atoms with Gasteiger partial charge in [-0.05, 0) is 36.2 Å². The second kappa shape index (κ2) is 8.12. The van der Waals surface area contributed by atoms with E-state index in [0.717, 1.165) is 40.1 Å². The molecule has 25 heavy (non-hydrogen) atoms. The molecule has 4 rings (SSSR count). The lowest BCUT2D eigenvalue weighted by atomic mass is 10.2. The van der Waals surface area contributed by atoms with E-state index in [1.807, 2.05) is 29.5 Å². The fourth-order valence-corrected chi connectivity index (χ4v) is 4.23. The van der Waals surface area contributed by atoms with Crippen LogP contribution < -0.4 is 14.9 Å². The first-order valence-electron chi connectivity index (χ1n) is 7.79. The maximum atomic E-state index is 5.39. The predicted molar refractivity (Wildman–Crippen MR) is 107 cm³/mol. The van der Waals surface area contributed by atoms with Crippen LogP contribution in [0.15, 0.2) is 40.4 Å². The molecule has 3 heterocycles. The minimum atomic E-state index is 0. The monoisotopic (exact) mass is 395 g/mol. The number of ether oxygens (including phenoxy) is 2. The summed E-state index contributed by atoms with van der Waals surface area (Å²) >= 11 is 3.50. The number of amidine groups is 1. The Labute approximate surface area is 160 Å². The van der Waals surface area contributed by atoms with E-state index < -0.39 is 0 Å². The van der Waals surface area contributed by atoms with E-state index in [2.05, 4.69) is 34.6 Å². The Morgan fingerprint density at radius 1 is 1.20 bits per heavy atom. The van der Waals surface area contributed by atoms with Gasteiger partial charge in [0.1, 0.15) is 0 Å². The van der Waals surface area contributed by atoms with Gasteiger partial charge in [0.15, 0.2) is 16.7 Å². The van der Waals surface area contributed by atoms with E-state index in [4.69, 9.17) is 9.47 Å². The SMILES string of the molecule is CCc1ccc(C2=NNC(=NCc3ccc4c(c3)OCO4)SC2)s1.Cl. The van der Waals surface area contributed by atoms with Gasteiger partial charge in [-0.25, -0.2) is 0 Å². The van der Waals surface area contributed by atoms with Crippen LogP contribution in [-0.4, -0.2) is 23.4 Å². The van der Waals surface area contributed by atoms with E-state index in [1.54, 1.807) is 11.8 Å². The molecular formula is C17H18ClN3O2S2. The van der Waals surface area contributed by atoms with E-state index >= 15 is 0 Å². The van der Waals surface area contributed by atoms with Crippen molar-refractivity contribution in [1.82, 2.24) is 5.43 Å². The second-order valence-electron chi connectivity index (χ2n) is 5.39. The second-order valence-corrected chi connectivity index (χ2v) is 7.52. The van der Waals surface area contributed by atoms with Gasteiger partial charge in [0, 0.05) is 10.6 Å². The third kappa shape index (κ3) is 4.11. The zero-order valence-electron chi connectivity index (χ0n) is 13.7. The molecule has 0 unspecified atom stereocenters. The van der Waals surface area contributed by atoms with E-state index in [-0.39, 0.29) is 12.4 Å². The van der Waals surface area contributed by atoms with Gasteiger partial charge in [-0.2, -0.15) is 5.10 Å². The van der Waals surface area contributed by atoms with Crippen LogP contribution in [-0.2, 0) is 13.0 Å². The number of hydrogen-bond acceptors (Lipinski definition) is 6. The highest BCUT2D eigenvalue weighted by Gasteiger charge is 2.15. The first kappa shape index (κ1) is 18.1. The van der Waals surface area contributed by atoms with Crippen molar-refractivity contribution in [3.8, 4) is 11.5 Å². The van der Waals surface area contributed by atoms with Crippen LogP contribution >= 0.6 is 35.5 Å². The van der Waals surface area contributed by atoms with E-state index in [0.29, 0.717) is 13.3 Å². The van der Waals surface area contributed by atoms with Crippen molar-refractivity contribution in [3.63, 3.8) is 0 Å². The number of rotatable bonds is 4. The number of hydrogen-bond donors (Lipinski definition) is 1. The van der Waals surface area contributed by atoms with Crippen LogP contribution in [0.3, 0.4) is 0 Å². The summed E-state index contributed by atoms with van der Waals surface area (Å²) in [7, 11) is 0. The molecule has 0 spiro atoms. The van der Waals surface area contributed by atoms with Crippen LogP contribution in [0.1, 0.15) is 22.2 Å². The minimum Gasteiger partial charge on any atom is -0.454 e. The molecule has 8 heteroatoms. The normalized spacial score (nSPS) is 17.0. The lowest BCUT2D eigenvalue weighted by Gasteiger charge is -2.13. The maximum absolute atomic E-state index is 5.39. The largest absolute Gasteiger partial charge is 0.454 e. The smallest absolute Gasteiger partial charge is 0.231 e. The van der Waals surface area contributed by atoms with Gasteiger partial charge in [-0.15, -0.1) is 23.7 Å². The molecule has 0 fully saturated rings. The summed E-state index contributed by atoms with van der Waals surface area (Å²) < 4.78 is 10.7. The molecule has 5 nitrogen and oxygen atoms in total. The lowest BCUT2D eigenvalue weighted by molar-refractivity contribution is 0.174. The molecule has 0 amide bonds. The third-order valence-corrected chi connectivity index (χ3v) is 5.96. The zero-order valence-corrected chi connectivity index (χ0v) is 16.1. The lowest BCUT2D eigenvalue weighted by Crippen LogP contribution is -2.25. The minimum absolute atomic E-state index is 0. The van der Waals surface area contributed by atoms with E-state index in [9.17, 15) is 0 Å². The Morgan fingerprint density at radius 2 is 2.08 bits per heavy atom. The molecule has 0 saturated heterocycles. The zero-order chi connectivity index (χ0) is 16.4.